The Morgan fingerprint density at radius 3 is 2.52 bits per heavy atom. The quantitative estimate of drug-likeness (QED) is 0.902. The fraction of sp³-hybridized carbons (Fsp3) is 0.357. The van der Waals surface area contributed by atoms with E-state index in [0.29, 0.717) is 0 Å². The van der Waals surface area contributed by atoms with Crippen LogP contribution in [0.15, 0.2) is 29.3 Å². The van der Waals surface area contributed by atoms with Gasteiger partial charge in [-0.15, -0.1) is 0 Å². The summed E-state index contributed by atoms with van der Waals surface area (Å²) >= 11 is 0. The summed E-state index contributed by atoms with van der Waals surface area (Å²) in [6, 6.07) is 4.82. The molecule has 7 heteroatoms. The highest BCUT2D eigenvalue weighted by Crippen LogP contribution is 2.25. The zero-order chi connectivity index (χ0) is 15.8. The highest BCUT2D eigenvalue weighted by molar-refractivity contribution is 7.89. The van der Waals surface area contributed by atoms with Crippen LogP contribution in [0.4, 0.5) is 5.69 Å². The molecule has 0 spiro atoms. The Kier molecular flexibility index (Phi) is 4.06. The van der Waals surface area contributed by atoms with Crippen LogP contribution in [0.1, 0.15) is 29.8 Å². The first kappa shape index (κ1) is 15.5. The Hall–Kier alpha value is -1.86. The first-order valence-corrected chi connectivity index (χ1v) is 8.13. The van der Waals surface area contributed by atoms with E-state index in [-0.39, 0.29) is 10.9 Å². The maximum atomic E-state index is 11.4. The molecule has 1 aromatic heterocycles. The number of primary sulfonamides is 1. The van der Waals surface area contributed by atoms with Crippen LogP contribution in [0.25, 0.3) is 0 Å². The molecule has 0 saturated carbocycles. The molecule has 1 unspecified atom stereocenters. The first-order valence-electron chi connectivity index (χ1n) is 6.58. The average molecular weight is 308 g/mol. The van der Waals surface area contributed by atoms with E-state index in [9.17, 15) is 8.42 Å². The Bertz CT molecular complexity index is 765. The molecule has 0 aliphatic heterocycles. The molecule has 0 amide bonds. The fourth-order valence-corrected chi connectivity index (χ4v) is 2.83. The smallest absolute Gasteiger partial charge is 0.238 e. The summed E-state index contributed by atoms with van der Waals surface area (Å²) in [6.45, 7) is 5.87. The molecular weight excluding hydrogens is 288 g/mol. The first-order chi connectivity index (χ1) is 9.68. The van der Waals surface area contributed by atoms with Gasteiger partial charge in [-0.3, -0.25) is 4.68 Å². The van der Waals surface area contributed by atoms with E-state index >= 15 is 0 Å². The van der Waals surface area contributed by atoms with E-state index in [0.717, 1.165) is 22.5 Å². The minimum Gasteiger partial charge on any atom is -0.378 e. The van der Waals surface area contributed by atoms with Gasteiger partial charge in [0.05, 0.1) is 16.6 Å². The van der Waals surface area contributed by atoms with E-state index in [1.54, 1.807) is 16.8 Å². The van der Waals surface area contributed by atoms with Gasteiger partial charge in [0.2, 0.25) is 10.0 Å². The van der Waals surface area contributed by atoms with Crippen molar-refractivity contribution in [1.29, 1.82) is 0 Å². The molecule has 1 heterocycles. The topological polar surface area (TPSA) is 90.0 Å². The van der Waals surface area contributed by atoms with Crippen LogP contribution in [0.2, 0.25) is 0 Å². The van der Waals surface area contributed by atoms with Crippen LogP contribution >= 0.6 is 0 Å². The number of nitrogens with zero attached hydrogens (tertiary/aromatic N) is 2. The van der Waals surface area contributed by atoms with Crippen molar-refractivity contribution in [2.45, 2.75) is 31.7 Å². The molecule has 2 aromatic rings. The lowest BCUT2D eigenvalue weighted by Gasteiger charge is -2.17. The maximum absolute atomic E-state index is 11.4. The molecule has 0 saturated heterocycles. The highest BCUT2D eigenvalue weighted by Gasteiger charge is 2.15. The van der Waals surface area contributed by atoms with Gasteiger partial charge in [-0.25, -0.2) is 13.6 Å². The number of nitrogens with two attached hydrogens (primary N) is 1. The standard InChI is InChI=1S/C14H20N4O2S/c1-9-5-6-12(21(15,19)20)7-14(9)16-10(2)13-8-18(4)17-11(13)3/h5-8,10,16H,1-4H3,(H2,15,19,20). The van der Waals surface area contributed by atoms with E-state index in [2.05, 4.69) is 10.4 Å². The van der Waals surface area contributed by atoms with Crippen molar-refractivity contribution in [3.63, 3.8) is 0 Å². The highest BCUT2D eigenvalue weighted by atomic mass is 32.2. The number of rotatable bonds is 4. The van der Waals surface area contributed by atoms with Crippen molar-refractivity contribution >= 4 is 15.7 Å². The van der Waals surface area contributed by atoms with Gasteiger partial charge in [-0.05, 0) is 38.5 Å². The van der Waals surface area contributed by atoms with Gasteiger partial charge >= 0.3 is 0 Å². The van der Waals surface area contributed by atoms with E-state index in [1.807, 2.05) is 34.0 Å². The molecule has 114 valence electrons. The fourth-order valence-electron chi connectivity index (χ4n) is 2.29. The molecule has 0 radical (unpaired) electrons. The predicted octanol–water partition coefficient (Wildman–Crippen LogP) is 1.86. The number of hydrogen-bond donors (Lipinski definition) is 2. The lowest BCUT2D eigenvalue weighted by atomic mass is 10.1. The third kappa shape index (κ3) is 3.43. The maximum Gasteiger partial charge on any atom is 0.238 e. The lowest BCUT2D eigenvalue weighted by molar-refractivity contribution is 0.598. The molecule has 3 N–H and O–H groups in total. The summed E-state index contributed by atoms with van der Waals surface area (Å²) in [4.78, 5) is 0.103. The number of nitrogens with one attached hydrogen (secondary N) is 1. The summed E-state index contributed by atoms with van der Waals surface area (Å²) in [5.74, 6) is 0. The Morgan fingerprint density at radius 2 is 2.00 bits per heavy atom. The number of benzene rings is 1. The van der Waals surface area contributed by atoms with Crippen LogP contribution < -0.4 is 10.5 Å². The minimum atomic E-state index is -3.70. The van der Waals surface area contributed by atoms with Crippen LogP contribution in [0.5, 0.6) is 0 Å². The van der Waals surface area contributed by atoms with Gasteiger partial charge in [-0.2, -0.15) is 5.10 Å². The van der Waals surface area contributed by atoms with Crippen molar-refractivity contribution in [3.8, 4) is 0 Å². The van der Waals surface area contributed by atoms with Gasteiger partial charge < -0.3 is 5.32 Å². The van der Waals surface area contributed by atoms with Crippen LogP contribution in [0.3, 0.4) is 0 Å². The van der Waals surface area contributed by atoms with Crippen LogP contribution in [-0.2, 0) is 17.1 Å². The molecule has 0 bridgehead atoms. The van der Waals surface area contributed by atoms with Crippen molar-refractivity contribution < 1.29 is 8.42 Å². The predicted molar refractivity (Wildman–Crippen MR) is 82.5 cm³/mol. The molecule has 6 nitrogen and oxygen atoms in total. The molecule has 0 fully saturated rings. The second-order valence-electron chi connectivity index (χ2n) is 5.23. The number of aromatic nitrogens is 2. The number of hydrogen-bond acceptors (Lipinski definition) is 4. The van der Waals surface area contributed by atoms with Gasteiger partial charge in [0.25, 0.3) is 0 Å². The molecular formula is C14H20N4O2S. The minimum absolute atomic E-state index is 0.00753. The Balaban J connectivity index is 2.33. The van der Waals surface area contributed by atoms with Crippen molar-refractivity contribution in [2.75, 3.05) is 5.32 Å². The normalized spacial score (nSPS) is 13.2. The summed E-state index contributed by atoms with van der Waals surface area (Å²) in [5, 5.41) is 12.8. The molecule has 1 atom stereocenters. The number of aryl methyl sites for hydroxylation is 3. The molecule has 2 rings (SSSR count). The summed E-state index contributed by atoms with van der Waals surface area (Å²) in [5.41, 5.74) is 3.71. The zero-order valence-electron chi connectivity index (χ0n) is 12.6. The van der Waals surface area contributed by atoms with Crippen LogP contribution in [0, 0.1) is 13.8 Å². The largest absolute Gasteiger partial charge is 0.378 e. The Morgan fingerprint density at radius 1 is 1.33 bits per heavy atom. The summed E-state index contributed by atoms with van der Waals surface area (Å²) < 4.78 is 24.7. The van der Waals surface area contributed by atoms with Crippen molar-refractivity contribution in [3.05, 3.63) is 41.2 Å². The number of sulfonamides is 1. The third-order valence-corrected chi connectivity index (χ3v) is 4.34. The molecule has 0 aliphatic carbocycles. The van der Waals surface area contributed by atoms with Crippen LogP contribution in [-0.4, -0.2) is 18.2 Å². The Labute approximate surface area is 125 Å². The zero-order valence-corrected chi connectivity index (χ0v) is 13.4. The average Bonchev–Trinajstić information content (AvgIpc) is 2.70. The molecule has 0 aliphatic rings. The van der Waals surface area contributed by atoms with Gasteiger partial charge in [-0.1, -0.05) is 6.07 Å². The van der Waals surface area contributed by atoms with Gasteiger partial charge in [0, 0.05) is 24.5 Å². The second-order valence-corrected chi connectivity index (χ2v) is 6.79. The second kappa shape index (κ2) is 5.50. The van der Waals surface area contributed by atoms with E-state index in [4.69, 9.17) is 5.14 Å². The monoisotopic (exact) mass is 308 g/mol. The summed E-state index contributed by atoms with van der Waals surface area (Å²) in [6.07, 6.45) is 1.95. The molecule has 21 heavy (non-hydrogen) atoms. The van der Waals surface area contributed by atoms with Gasteiger partial charge in [0.15, 0.2) is 0 Å². The van der Waals surface area contributed by atoms with E-state index < -0.39 is 10.0 Å². The molecule has 1 aromatic carbocycles. The lowest BCUT2D eigenvalue weighted by Crippen LogP contribution is -2.14. The van der Waals surface area contributed by atoms with Crippen molar-refractivity contribution in [1.82, 2.24) is 9.78 Å². The van der Waals surface area contributed by atoms with E-state index in [1.165, 1.54) is 6.07 Å². The third-order valence-electron chi connectivity index (χ3n) is 3.43. The van der Waals surface area contributed by atoms with Crippen molar-refractivity contribution in [2.24, 2.45) is 12.2 Å². The summed E-state index contributed by atoms with van der Waals surface area (Å²) in [7, 11) is -1.83. The number of anilines is 1. The SMILES string of the molecule is Cc1ccc(S(N)(=O)=O)cc1NC(C)c1cn(C)nc1C. The van der Waals surface area contributed by atoms with Gasteiger partial charge in [0.1, 0.15) is 0 Å².